The molecule has 1 heterocycles. The molecule has 130 valence electrons. The van der Waals surface area contributed by atoms with Crippen molar-refractivity contribution in [2.45, 2.75) is 32.4 Å². The summed E-state index contributed by atoms with van der Waals surface area (Å²) in [5.74, 6) is 0. The van der Waals surface area contributed by atoms with Gasteiger partial charge in [-0.05, 0) is 36.1 Å². The van der Waals surface area contributed by atoms with Gasteiger partial charge in [0, 0.05) is 15.4 Å². The monoisotopic (exact) mass is 421 g/mol. The number of hydrogen-bond donors (Lipinski definition) is 2. The summed E-state index contributed by atoms with van der Waals surface area (Å²) in [6.45, 7) is 3.73. The van der Waals surface area contributed by atoms with E-state index in [-0.39, 0.29) is 15.7 Å². The maximum Gasteiger partial charge on any atom is 0.399 e. The van der Waals surface area contributed by atoms with Gasteiger partial charge in [0.15, 0.2) is 6.29 Å². The van der Waals surface area contributed by atoms with Gasteiger partial charge in [0.2, 0.25) is 0 Å². The standard InChI is InChI=1S/C15H15BrF2NO4P/c1-3-8-9(4-2)14(7-20)19-13-6-11(12(16)5-10(8)13)15(17,18)24(21,22)23/h5-7H,3-4H2,1-2H3,(H2,21,22,23). The Bertz CT molecular complexity index is 866. The summed E-state index contributed by atoms with van der Waals surface area (Å²) < 4.78 is 39.2. The van der Waals surface area contributed by atoms with Crippen molar-refractivity contribution in [2.24, 2.45) is 0 Å². The number of benzene rings is 1. The number of aromatic nitrogens is 1. The molecular weight excluding hydrogens is 407 g/mol. The van der Waals surface area contributed by atoms with Crippen molar-refractivity contribution in [3.05, 3.63) is 39.0 Å². The lowest BCUT2D eigenvalue weighted by atomic mass is 9.96. The third-order valence-electron chi connectivity index (χ3n) is 3.83. The highest BCUT2D eigenvalue weighted by atomic mass is 79.9. The zero-order valence-corrected chi connectivity index (χ0v) is 15.4. The van der Waals surface area contributed by atoms with Gasteiger partial charge in [0.25, 0.3) is 0 Å². The van der Waals surface area contributed by atoms with E-state index in [1.54, 1.807) is 0 Å². The highest BCUT2D eigenvalue weighted by Gasteiger charge is 2.51. The molecule has 2 aromatic rings. The largest absolute Gasteiger partial charge is 0.399 e. The van der Waals surface area contributed by atoms with Crippen LogP contribution >= 0.6 is 23.5 Å². The van der Waals surface area contributed by atoms with E-state index in [0.29, 0.717) is 24.5 Å². The maximum atomic E-state index is 14.1. The average Bonchev–Trinajstić information content (AvgIpc) is 2.51. The number of hydrogen-bond acceptors (Lipinski definition) is 3. The topological polar surface area (TPSA) is 87.5 Å². The van der Waals surface area contributed by atoms with Gasteiger partial charge in [-0.1, -0.05) is 29.8 Å². The fraction of sp³-hybridized carbons (Fsp3) is 0.333. The Hall–Kier alpha value is -1.21. The number of pyridine rings is 1. The number of aryl methyl sites for hydroxylation is 1. The number of nitrogens with zero attached hydrogens (tertiary/aromatic N) is 1. The summed E-state index contributed by atoms with van der Waals surface area (Å²) in [5, 5.41) is 0.567. The van der Waals surface area contributed by atoms with Crippen molar-refractivity contribution >= 4 is 40.7 Å². The van der Waals surface area contributed by atoms with Crippen molar-refractivity contribution in [3.63, 3.8) is 0 Å². The molecule has 0 bridgehead atoms. The lowest BCUT2D eigenvalue weighted by molar-refractivity contribution is 0.0558. The van der Waals surface area contributed by atoms with E-state index in [9.17, 15) is 18.1 Å². The van der Waals surface area contributed by atoms with Crippen LogP contribution < -0.4 is 0 Å². The molecule has 1 aromatic carbocycles. The first-order valence-corrected chi connectivity index (χ1v) is 9.53. The lowest BCUT2D eigenvalue weighted by Crippen LogP contribution is -2.15. The Morgan fingerprint density at radius 3 is 2.29 bits per heavy atom. The van der Waals surface area contributed by atoms with Crippen LogP contribution in [0, 0.1) is 0 Å². The van der Waals surface area contributed by atoms with E-state index >= 15 is 0 Å². The van der Waals surface area contributed by atoms with Gasteiger partial charge in [0.05, 0.1) is 5.52 Å². The highest BCUT2D eigenvalue weighted by molar-refractivity contribution is 9.10. The van der Waals surface area contributed by atoms with Crippen LogP contribution in [0.3, 0.4) is 0 Å². The Balaban J connectivity index is 2.90. The minimum absolute atomic E-state index is 0.0949. The van der Waals surface area contributed by atoms with Crippen molar-refractivity contribution in [1.29, 1.82) is 0 Å². The molecule has 0 aliphatic carbocycles. The molecule has 0 radical (unpaired) electrons. The summed E-state index contributed by atoms with van der Waals surface area (Å²) in [5.41, 5.74) is -3.44. The summed E-state index contributed by atoms with van der Waals surface area (Å²) in [7, 11) is -5.71. The first-order valence-electron chi connectivity index (χ1n) is 7.12. The Morgan fingerprint density at radius 2 is 1.83 bits per heavy atom. The van der Waals surface area contributed by atoms with Gasteiger partial charge in [0.1, 0.15) is 5.69 Å². The fourth-order valence-corrected chi connectivity index (χ4v) is 3.94. The van der Waals surface area contributed by atoms with Crippen LogP contribution in [0.1, 0.15) is 41.0 Å². The van der Waals surface area contributed by atoms with Gasteiger partial charge in [-0.15, -0.1) is 0 Å². The number of carbonyl (C=O) groups excluding carboxylic acids is 1. The highest BCUT2D eigenvalue weighted by Crippen LogP contribution is 2.60. The minimum Gasteiger partial charge on any atom is -0.320 e. The van der Waals surface area contributed by atoms with Gasteiger partial charge in [-0.25, -0.2) is 4.98 Å². The molecule has 0 atom stereocenters. The Morgan fingerprint density at radius 1 is 1.25 bits per heavy atom. The zero-order valence-electron chi connectivity index (χ0n) is 12.9. The van der Waals surface area contributed by atoms with Crippen LogP contribution in [0.25, 0.3) is 10.9 Å². The van der Waals surface area contributed by atoms with Crippen LogP contribution in [0.2, 0.25) is 0 Å². The summed E-state index contributed by atoms with van der Waals surface area (Å²) >= 11 is 2.97. The molecule has 0 fully saturated rings. The van der Waals surface area contributed by atoms with Crippen LogP contribution in [0.5, 0.6) is 0 Å². The van der Waals surface area contributed by atoms with E-state index in [0.717, 1.165) is 17.2 Å². The molecule has 2 N–H and O–H groups in total. The molecule has 0 saturated heterocycles. The molecule has 9 heteroatoms. The zero-order chi connectivity index (χ0) is 18.3. The van der Waals surface area contributed by atoms with Crippen LogP contribution in [-0.2, 0) is 23.1 Å². The van der Waals surface area contributed by atoms with Gasteiger partial charge in [-0.2, -0.15) is 8.78 Å². The molecule has 0 spiro atoms. The van der Waals surface area contributed by atoms with E-state index < -0.39 is 18.8 Å². The molecule has 2 rings (SSSR count). The molecule has 24 heavy (non-hydrogen) atoms. The second kappa shape index (κ2) is 6.59. The van der Waals surface area contributed by atoms with Crippen molar-refractivity contribution in [3.8, 4) is 0 Å². The molecule has 0 amide bonds. The number of fused-ring (bicyclic) bond motifs is 1. The number of carbonyl (C=O) groups is 1. The summed E-state index contributed by atoms with van der Waals surface area (Å²) in [6.07, 6.45) is 1.67. The predicted molar refractivity (Wildman–Crippen MR) is 89.5 cm³/mol. The molecule has 0 aliphatic rings. The predicted octanol–water partition coefficient (Wildman–Crippen LogP) is 4.16. The second-order valence-electron chi connectivity index (χ2n) is 5.21. The maximum absolute atomic E-state index is 14.1. The van der Waals surface area contributed by atoms with Crippen LogP contribution in [-0.4, -0.2) is 21.1 Å². The number of rotatable bonds is 5. The minimum atomic E-state index is -5.71. The quantitative estimate of drug-likeness (QED) is 0.558. The number of aldehydes is 1. The van der Waals surface area contributed by atoms with E-state index in [4.69, 9.17) is 9.79 Å². The van der Waals surface area contributed by atoms with Crippen molar-refractivity contribution in [2.75, 3.05) is 0 Å². The first kappa shape index (κ1) is 19.1. The first-order chi connectivity index (χ1) is 11.1. The Kier molecular flexibility index (Phi) is 5.25. The average molecular weight is 422 g/mol. The van der Waals surface area contributed by atoms with Crippen molar-refractivity contribution in [1.82, 2.24) is 4.98 Å². The normalized spacial score (nSPS) is 12.6. The van der Waals surface area contributed by atoms with Crippen LogP contribution in [0.4, 0.5) is 8.78 Å². The van der Waals surface area contributed by atoms with E-state index in [1.165, 1.54) is 6.07 Å². The molecular formula is C15H15BrF2NO4P. The molecule has 0 unspecified atom stereocenters. The fourth-order valence-electron chi connectivity index (χ4n) is 2.69. The molecule has 5 nitrogen and oxygen atoms in total. The molecule has 0 saturated carbocycles. The van der Waals surface area contributed by atoms with Gasteiger partial charge >= 0.3 is 13.3 Å². The number of alkyl halides is 2. The van der Waals surface area contributed by atoms with Crippen molar-refractivity contribution < 1.29 is 27.9 Å². The van der Waals surface area contributed by atoms with Gasteiger partial charge < -0.3 is 9.79 Å². The van der Waals surface area contributed by atoms with Crippen LogP contribution in [0.15, 0.2) is 16.6 Å². The molecule has 0 aliphatic heterocycles. The Labute approximate surface area is 145 Å². The summed E-state index contributed by atoms with van der Waals surface area (Å²) in [4.78, 5) is 33.2. The SMILES string of the molecule is CCc1c(C=O)nc2cc(C(F)(F)P(=O)(O)O)c(Br)cc2c1CC. The lowest BCUT2D eigenvalue weighted by Gasteiger charge is -2.21. The van der Waals surface area contributed by atoms with E-state index in [2.05, 4.69) is 20.9 Å². The molecule has 1 aromatic heterocycles. The smallest absolute Gasteiger partial charge is 0.320 e. The third kappa shape index (κ3) is 3.04. The van der Waals surface area contributed by atoms with Gasteiger partial charge in [-0.3, -0.25) is 9.36 Å². The third-order valence-corrected chi connectivity index (χ3v) is 5.46. The number of halogens is 3. The van der Waals surface area contributed by atoms with E-state index in [1.807, 2.05) is 13.8 Å². The second-order valence-corrected chi connectivity index (χ2v) is 7.72. The summed E-state index contributed by atoms with van der Waals surface area (Å²) in [6, 6.07) is 2.29.